The number of carbonyl (C=O) groups is 2. The lowest BCUT2D eigenvalue weighted by Gasteiger charge is -2.12. The number of amides is 2. The summed E-state index contributed by atoms with van der Waals surface area (Å²) in [5.74, 6) is 0.540. The van der Waals surface area contributed by atoms with E-state index in [1.165, 1.54) is 11.9 Å². The fraction of sp³-hybridized carbons (Fsp3) is 0.467. The summed E-state index contributed by atoms with van der Waals surface area (Å²) in [6.45, 7) is 3.29. The summed E-state index contributed by atoms with van der Waals surface area (Å²) in [4.78, 5) is 24.4. The smallest absolute Gasteiger partial charge is 0.246 e. The van der Waals surface area contributed by atoms with Gasteiger partial charge in [-0.1, -0.05) is 19.1 Å². The highest BCUT2D eigenvalue weighted by atomic mass is 16.5. The maximum Gasteiger partial charge on any atom is 0.246 e. The first-order valence-corrected chi connectivity index (χ1v) is 6.87. The Hall–Kier alpha value is -1.88. The van der Waals surface area contributed by atoms with Gasteiger partial charge in [0.2, 0.25) is 11.8 Å². The van der Waals surface area contributed by atoms with E-state index in [-0.39, 0.29) is 18.2 Å². The molecular weight excluding hydrogens is 256 g/mol. The quantitative estimate of drug-likeness (QED) is 0.796. The van der Waals surface area contributed by atoms with Crippen LogP contribution < -0.4 is 10.1 Å². The normalized spacial score (nSPS) is 18.7. The second kappa shape index (κ2) is 6.52. The van der Waals surface area contributed by atoms with Gasteiger partial charge in [-0.3, -0.25) is 14.5 Å². The predicted octanol–water partition coefficient (Wildman–Crippen LogP) is 1.32. The van der Waals surface area contributed by atoms with Crippen LogP contribution in [0.5, 0.6) is 5.75 Å². The lowest BCUT2D eigenvalue weighted by atomic mass is 10.2. The van der Waals surface area contributed by atoms with Crippen LogP contribution >= 0.6 is 0 Å². The Morgan fingerprint density at radius 3 is 2.85 bits per heavy atom. The third-order valence-electron chi connectivity index (χ3n) is 3.31. The van der Waals surface area contributed by atoms with Crippen molar-refractivity contribution in [1.29, 1.82) is 0 Å². The Morgan fingerprint density at radius 1 is 1.40 bits per heavy atom. The average molecular weight is 276 g/mol. The number of ether oxygens (including phenoxy) is 1. The number of benzene rings is 1. The van der Waals surface area contributed by atoms with E-state index in [1.807, 2.05) is 24.3 Å². The fourth-order valence-electron chi connectivity index (χ4n) is 2.12. The highest BCUT2D eigenvalue weighted by Crippen LogP contribution is 2.15. The van der Waals surface area contributed by atoms with Crippen LogP contribution in [0.15, 0.2) is 24.3 Å². The van der Waals surface area contributed by atoms with E-state index in [0.29, 0.717) is 13.2 Å². The largest absolute Gasteiger partial charge is 0.494 e. The maximum atomic E-state index is 11.8. The first kappa shape index (κ1) is 14.5. The predicted molar refractivity (Wildman–Crippen MR) is 75.2 cm³/mol. The Morgan fingerprint density at radius 2 is 2.20 bits per heavy atom. The SMILES string of the molecule is CCCOc1cccc(CNC2CC(=O)N(C)C2=O)c1. The van der Waals surface area contributed by atoms with Gasteiger partial charge in [0.15, 0.2) is 0 Å². The summed E-state index contributed by atoms with van der Waals surface area (Å²) in [7, 11) is 1.52. The van der Waals surface area contributed by atoms with Gasteiger partial charge < -0.3 is 10.1 Å². The lowest BCUT2D eigenvalue weighted by molar-refractivity contribution is -0.137. The van der Waals surface area contributed by atoms with Crippen molar-refractivity contribution in [2.45, 2.75) is 32.4 Å². The minimum Gasteiger partial charge on any atom is -0.494 e. The number of rotatable bonds is 6. The van der Waals surface area contributed by atoms with Gasteiger partial charge in [0.1, 0.15) is 5.75 Å². The molecule has 1 fully saturated rings. The van der Waals surface area contributed by atoms with E-state index >= 15 is 0 Å². The molecule has 1 N–H and O–H groups in total. The molecule has 0 bridgehead atoms. The molecule has 0 radical (unpaired) electrons. The zero-order valence-electron chi connectivity index (χ0n) is 11.9. The first-order chi connectivity index (χ1) is 9.61. The van der Waals surface area contributed by atoms with Crippen molar-refractivity contribution < 1.29 is 14.3 Å². The Balaban J connectivity index is 1.91. The number of hydrogen-bond acceptors (Lipinski definition) is 4. The maximum absolute atomic E-state index is 11.8. The van der Waals surface area contributed by atoms with Gasteiger partial charge in [-0.15, -0.1) is 0 Å². The van der Waals surface area contributed by atoms with Gasteiger partial charge >= 0.3 is 0 Å². The number of hydrogen-bond donors (Lipinski definition) is 1. The minimum absolute atomic E-state index is 0.132. The van der Waals surface area contributed by atoms with Crippen LogP contribution in [0.25, 0.3) is 0 Å². The van der Waals surface area contributed by atoms with E-state index < -0.39 is 6.04 Å². The second-order valence-corrected chi connectivity index (χ2v) is 4.92. The van der Waals surface area contributed by atoms with Crippen LogP contribution in [-0.4, -0.2) is 36.4 Å². The molecule has 5 nitrogen and oxygen atoms in total. The lowest BCUT2D eigenvalue weighted by Crippen LogP contribution is -2.36. The highest BCUT2D eigenvalue weighted by Gasteiger charge is 2.35. The Bertz CT molecular complexity index is 502. The Kier molecular flexibility index (Phi) is 4.74. The molecule has 2 rings (SSSR count). The molecule has 1 unspecified atom stereocenters. The molecule has 108 valence electrons. The molecule has 1 aromatic carbocycles. The van der Waals surface area contributed by atoms with Gasteiger partial charge in [-0.2, -0.15) is 0 Å². The van der Waals surface area contributed by atoms with Crippen molar-refractivity contribution in [3.63, 3.8) is 0 Å². The van der Waals surface area contributed by atoms with E-state index in [1.54, 1.807) is 0 Å². The van der Waals surface area contributed by atoms with Gasteiger partial charge in [0, 0.05) is 13.6 Å². The third-order valence-corrected chi connectivity index (χ3v) is 3.31. The van der Waals surface area contributed by atoms with Gasteiger partial charge in [0.05, 0.1) is 19.1 Å². The van der Waals surface area contributed by atoms with Crippen molar-refractivity contribution in [2.24, 2.45) is 0 Å². The zero-order valence-corrected chi connectivity index (χ0v) is 11.9. The topological polar surface area (TPSA) is 58.6 Å². The number of likely N-dealkylation sites (N-methyl/N-ethyl adjacent to an activating group) is 1. The molecule has 20 heavy (non-hydrogen) atoms. The molecule has 0 spiro atoms. The highest BCUT2D eigenvalue weighted by molar-refractivity contribution is 6.05. The molecule has 1 saturated heterocycles. The molecule has 1 aliphatic rings. The van der Waals surface area contributed by atoms with Crippen LogP contribution in [0.1, 0.15) is 25.3 Å². The summed E-state index contributed by atoms with van der Waals surface area (Å²) in [6.07, 6.45) is 1.20. The van der Waals surface area contributed by atoms with Crippen LogP contribution in [0.2, 0.25) is 0 Å². The molecule has 1 atom stereocenters. The number of imide groups is 1. The molecule has 1 aliphatic heterocycles. The van der Waals surface area contributed by atoms with Crippen molar-refractivity contribution >= 4 is 11.8 Å². The Labute approximate surface area is 118 Å². The van der Waals surface area contributed by atoms with Gasteiger partial charge in [-0.25, -0.2) is 0 Å². The van der Waals surface area contributed by atoms with Gasteiger partial charge in [0.25, 0.3) is 0 Å². The van der Waals surface area contributed by atoms with Crippen LogP contribution in [0.4, 0.5) is 0 Å². The standard InChI is InChI=1S/C15H20N2O3/c1-3-7-20-12-6-4-5-11(8-12)10-16-13-9-14(18)17(2)15(13)19/h4-6,8,13,16H,3,7,9-10H2,1-2H3. The summed E-state index contributed by atoms with van der Waals surface area (Å²) in [6, 6.07) is 7.35. The molecular formula is C15H20N2O3. The van der Waals surface area contributed by atoms with Crippen molar-refractivity contribution in [1.82, 2.24) is 10.2 Å². The molecule has 1 aromatic rings. The summed E-state index contributed by atoms with van der Waals surface area (Å²) < 4.78 is 5.57. The molecule has 1 heterocycles. The molecule has 0 aromatic heterocycles. The molecule has 2 amide bonds. The monoisotopic (exact) mass is 276 g/mol. The molecule has 0 saturated carbocycles. The van der Waals surface area contributed by atoms with Gasteiger partial charge in [-0.05, 0) is 24.1 Å². The van der Waals surface area contributed by atoms with E-state index in [9.17, 15) is 9.59 Å². The number of nitrogens with one attached hydrogen (secondary N) is 1. The van der Waals surface area contributed by atoms with Crippen LogP contribution in [-0.2, 0) is 16.1 Å². The zero-order chi connectivity index (χ0) is 14.5. The van der Waals surface area contributed by atoms with Crippen LogP contribution in [0, 0.1) is 0 Å². The van der Waals surface area contributed by atoms with E-state index in [0.717, 1.165) is 17.7 Å². The van der Waals surface area contributed by atoms with Crippen molar-refractivity contribution in [2.75, 3.05) is 13.7 Å². The first-order valence-electron chi connectivity index (χ1n) is 6.87. The minimum atomic E-state index is -0.410. The van der Waals surface area contributed by atoms with Crippen molar-refractivity contribution in [3.8, 4) is 5.75 Å². The average Bonchev–Trinajstić information content (AvgIpc) is 2.71. The molecule has 0 aliphatic carbocycles. The summed E-state index contributed by atoms with van der Waals surface area (Å²) in [5.41, 5.74) is 1.04. The fourth-order valence-corrected chi connectivity index (χ4v) is 2.12. The number of nitrogens with zero attached hydrogens (tertiary/aromatic N) is 1. The third kappa shape index (κ3) is 3.36. The summed E-state index contributed by atoms with van der Waals surface area (Å²) >= 11 is 0. The van der Waals surface area contributed by atoms with Crippen molar-refractivity contribution in [3.05, 3.63) is 29.8 Å². The summed E-state index contributed by atoms with van der Waals surface area (Å²) in [5, 5.41) is 3.12. The number of carbonyl (C=O) groups excluding carboxylic acids is 2. The number of likely N-dealkylation sites (tertiary alicyclic amines) is 1. The van der Waals surface area contributed by atoms with E-state index in [2.05, 4.69) is 12.2 Å². The second-order valence-electron chi connectivity index (χ2n) is 4.92. The van der Waals surface area contributed by atoms with E-state index in [4.69, 9.17) is 4.74 Å². The molecule has 5 heteroatoms. The van der Waals surface area contributed by atoms with Crippen LogP contribution in [0.3, 0.4) is 0 Å².